The first kappa shape index (κ1) is 18.0. The molecular formula is C21H24N2O3. The Kier molecular flexibility index (Phi) is 5.56. The quantitative estimate of drug-likeness (QED) is 0.633. The third-order valence-electron chi connectivity index (χ3n) is 4.23. The Morgan fingerprint density at radius 3 is 2.65 bits per heavy atom. The van der Waals surface area contributed by atoms with Gasteiger partial charge in [-0.25, -0.2) is 4.79 Å². The van der Waals surface area contributed by atoms with Crippen molar-refractivity contribution < 1.29 is 13.9 Å². The van der Waals surface area contributed by atoms with Gasteiger partial charge < -0.3 is 14.5 Å². The molecule has 0 bridgehead atoms. The fourth-order valence-electron chi connectivity index (χ4n) is 2.80. The van der Waals surface area contributed by atoms with Gasteiger partial charge >= 0.3 is 5.97 Å². The first-order valence-electron chi connectivity index (χ1n) is 8.94. The molecule has 5 heteroatoms. The molecule has 3 aromatic rings. The highest BCUT2D eigenvalue weighted by Crippen LogP contribution is 2.24. The minimum Gasteiger partial charge on any atom is -0.464 e. The standard InChI is InChI=1S/C21H24N2O3/c1-4-25-20(24)18(12-15-8-6-5-7-9-15)23-21-22-17-11-10-16(14(2)3)13-19(17)26-21/h5-11,13-14,18H,4,12H2,1-3H3,(H,22,23)/t18-/m0/s1. The average molecular weight is 352 g/mol. The molecule has 0 aliphatic heterocycles. The summed E-state index contributed by atoms with van der Waals surface area (Å²) in [5.41, 5.74) is 3.70. The number of carbonyl (C=O) groups is 1. The molecule has 136 valence electrons. The van der Waals surface area contributed by atoms with Crippen molar-refractivity contribution in [1.29, 1.82) is 0 Å². The number of benzene rings is 2. The summed E-state index contributed by atoms with van der Waals surface area (Å²) < 4.78 is 11.0. The summed E-state index contributed by atoms with van der Waals surface area (Å²) in [7, 11) is 0. The Morgan fingerprint density at radius 2 is 1.96 bits per heavy atom. The first-order valence-corrected chi connectivity index (χ1v) is 8.94. The summed E-state index contributed by atoms with van der Waals surface area (Å²) in [5.74, 6) is 0.0905. The van der Waals surface area contributed by atoms with Gasteiger partial charge in [0.1, 0.15) is 11.6 Å². The maximum atomic E-state index is 12.4. The fraction of sp³-hybridized carbons (Fsp3) is 0.333. The largest absolute Gasteiger partial charge is 0.464 e. The van der Waals surface area contributed by atoms with E-state index in [4.69, 9.17) is 9.15 Å². The topological polar surface area (TPSA) is 64.4 Å². The van der Waals surface area contributed by atoms with Crippen LogP contribution in [0, 0.1) is 0 Å². The number of anilines is 1. The average Bonchev–Trinajstić information content (AvgIpc) is 3.03. The molecule has 0 aliphatic carbocycles. The van der Waals surface area contributed by atoms with E-state index >= 15 is 0 Å². The van der Waals surface area contributed by atoms with Crippen molar-refractivity contribution in [3.8, 4) is 0 Å². The lowest BCUT2D eigenvalue weighted by atomic mass is 10.0. The number of ether oxygens (including phenoxy) is 1. The van der Waals surface area contributed by atoms with Gasteiger partial charge in [-0.15, -0.1) is 0 Å². The molecule has 0 radical (unpaired) electrons. The molecule has 1 aromatic heterocycles. The number of hydrogen-bond donors (Lipinski definition) is 1. The second-order valence-corrected chi connectivity index (χ2v) is 6.54. The van der Waals surface area contributed by atoms with Gasteiger partial charge in [0.2, 0.25) is 0 Å². The van der Waals surface area contributed by atoms with Crippen LogP contribution in [-0.4, -0.2) is 23.6 Å². The third kappa shape index (κ3) is 4.23. The normalized spacial score (nSPS) is 12.3. The van der Waals surface area contributed by atoms with Gasteiger partial charge in [-0.1, -0.05) is 50.2 Å². The Bertz CT molecular complexity index is 871. The molecule has 3 rings (SSSR count). The van der Waals surface area contributed by atoms with Crippen molar-refractivity contribution in [2.45, 2.75) is 39.2 Å². The van der Waals surface area contributed by atoms with Crippen LogP contribution < -0.4 is 5.32 Å². The fourth-order valence-corrected chi connectivity index (χ4v) is 2.80. The van der Waals surface area contributed by atoms with Gasteiger partial charge in [0.15, 0.2) is 5.58 Å². The van der Waals surface area contributed by atoms with Gasteiger partial charge in [0.05, 0.1) is 6.61 Å². The highest BCUT2D eigenvalue weighted by Gasteiger charge is 2.22. The predicted octanol–water partition coefficient (Wildman–Crippen LogP) is 4.54. The van der Waals surface area contributed by atoms with Crippen LogP contribution in [0.1, 0.15) is 37.8 Å². The van der Waals surface area contributed by atoms with Crippen molar-refractivity contribution in [2.75, 3.05) is 11.9 Å². The minimum atomic E-state index is -0.560. The highest BCUT2D eigenvalue weighted by atomic mass is 16.5. The molecule has 1 atom stereocenters. The second kappa shape index (κ2) is 8.04. The summed E-state index contributed by atoms with van der Waals surface area (Å²) in [6.07, 6.45) is 0.496. The number of carbonyl (C=O) groups excluding carboxylic acids is 1. The van der Waals surface area contributed by atoms with E-state index in [-0.39, 0.29) is 5.97 Å². The molecule has 5 nitrogen and oxygen atoms in total. The van der Waals surface area contributed by atoms with Crippen LogP contribution in [0.4, 0.5) is 6.01 Å². The lowest BCUT2D eigenvalue weighted by molar-refractivity contribution is -0.144. The first-order chi connectivity index (χ1) is 12.6. The lowest BCUT2D eigenvalue weighted by Gasteiger charge is -2.16. The van der Waals surface area contributed by atoms with Crippen molar-refractivity contribution in [1.82, 2.24) is 4.98 Å². The van der Waals surface area contributed by atoms with Crippen LogP contribution in [0.5, 0.6) is 0 Å². The van der Waals surface area contributed by atoms with E-state index in [1.54, 1.807) is 6.92 Å². The van der Waals surface area contributed by atoms with E-state index in [1.165, 1.54) is 5.56 Å². The van der Waals surface area contributed by atoms with Crippen LogP contribution in [0.2, 0.25) is 0 Å². The third-order valence-corrected chi connectivity index (χ3v) is 4.23. The molecule has 0 unspecified atom stereocenters. The molecule has 0 spiro atoms. The summed E-state index contributed by atoms with van der Waals surface area (Å²) in [6, 6.07) is 15.6. The smallest absolute Gasteiger partial charge is 0.329 e. The summed E-state index contributed by atoms with van der Waals surface area (Å²) >= 11 is 0. The molecule has 0 aliphatic rings. The van der Waals surface area contributed by atoms with Crippen molar-refractivity contribution >= 4 is 23.1 Å². The summed E-state index contributed by atoms with van der Waals surface area (Å²) in [4.78, 5) is 16.8. The number of oxazole rings is 1. The second-order valence-electron chi connectivity index (χ2n) is 6.54. The molecule has 0 fully saturated rings. The van der Waals surface area contributed by atoms with Gasteiger partial charge in [0.25, 0.3) is 6.01 Å². The molecule has 1 N–H and O–H groups in total. The van der Waals surface area contributed by atoms with Crippen LogP contribution in [0.15, 0.2) is 52.9 Å². The summed E-state index contributed by atoms with van der Waals surface area (Å²) in [6.45, 7) is 6.39. The van der Waals surface area contributed by atoms with Crippen molar-refractivity contribution in [2.24, 2.45) is 0 Å². The number of rotatable bonds is 7. The van der Waals surface area contributed by atoms with Gasteiger partial charge in [-0.3, -0.25) is 0 Å². The van der Waals surface area contributed by atoms with Gasteiger partial charge in [-0.2, -0.15) is 4.98 Å². The molecular weight excluding hydrogens is 328 g/mol. The maximum absolute atomic E-state index is 12.4. The highest BCUT2D eigenvalue weighted by molar-refractivity contribution is 5.80. The van der Waals surface area contributed by atoms with Crippen LogP contribution >= 0.6 is 0 Å². The zero-order valence-electron chi connectivity index (χ0n) is 15.4. The maximum Gasteiger partial charge on any atom is 0.329 e. The number of nitrogens with zero attached hydrogens (tertiary/aromatic N) is 1. The number of aromatic nitrogens is 1. The SMILES string of the molecule is CCOC(=O)[C@H](Cc1ccccc1)Nc1nc2ccc(C(C)C)cc2o1. The van der Waals surface area contributed by atoms with Crippen LogP contribution in [0.25, 0.3) is 11.1 Å². The van der Waals surface area contributed by atoms with E-state index in [2.05, 4.69) is 24.1 Å². The van der Waals surface area contributed by atoms with E-state index in [9.17, 15) is 4.79 Å². The minimum absolute atomic E-state index is 0.318. The van der Waals surface area contributed by atoms with E-state index in [0.29, 0.717) is 30.5 Å². The lowest BCUT2D eigenvalue weighted by Crippen LogP contribution is -2.33. The molecule has 1 heterocycles. The number of esters is 1. The Labute approximate surface area is 153 Å². The van der Waals surface area contributed by atoms with Gasteiger partial charge in [0, 0.05) is 6.42 Å². The number of nitrogens with one attached hydrogen (secondary N) is 1. The summed E-state index contributed by atoms with van der Waals surface area (Å²) in [5, 5.41) is 3.10. The Hall–Kier alpha value is -2.82. The molecule has 0 saturated carbocycles. The van der Waals surface area contributed by atoms with E-state index < -0.39 is 6.04 Å². The Balaban J connectivity index is 1.83. The zero-order valence-corrected chi connectivity index (χ0v) is 15.4. The molecule has 2 aromatic carbocycles. The van der Waals surface area contributed by atoms with Crippen molar-refractivity contribution in [3.05, 3.63) is 59.7 Å². The predicted molar refractivity (Wildman–Crippen MR) is 102 cm³/mol. The van der Waals surface area contributed by atoms with Crippen molar-refractivity contribution in [3.63, 3.8) is 0 Å². The molecule has 0 saturated heterocycles. The number of fused-ring (bicyclic) bond motifs is 1. The Morgan fingerprint density at radius 1 is 1.19 bits per heavy atom. The van der Waals surface area contributed by atoms with Crippen LogP contribution in [0.3, 0.4) is 0 Å². The van der Waals surface area contributed by atoms with Gasteiger partial charge in [-0.05, 0) is 36.1 Å². The molecule has 0 amide bonds. The number of hydrogen-bond acceptors (Lipinski definition) is 5. The van der Waals surface area contributed by atoms with E-state index in [0.717, 1.165) is 11.1 Å². The monoisotopic (exact) mass is 352 g/mol. The van der Waals surface area contributed by atoms with E-state index in [1.807, 2.05) is 48.5 Å². The van der Waals surface area contributed by atoms with Crippen LogP contribution in [-0.2, 0) is 16.0 Å². The molecule has 26 heavy (non-hydrogen) atoms. The zero-order chi connectivity index (χ0) is 18.5.